The Morgan fingerprint density at radius 1 is 1.07 bits per heavy atom. The molecule has 0 aliphatic carbocycles. The van der Waals surface area contributed by atoms with E-state index in [0.29, 0.717) is 6.04 Å². The summed E-state index contributed by atoms with van der Waals surface area (Å²) in [5, 5.41) is 3.78. The highest BCUT2D eigenvalue weighted by molar-refractivity contribution is 4.89. The maximum absolute atomic E-state index is 3.78. The third kappa shape index (κ3) is 1.83. The topological polar surface area (TPSA) is 12.0 Å². The largest absolute Gasteiger partial charge is 0.318 e. The van der Waals surface area contributed by atoms with E-state index in [1.807, 2.05) is 0 Å². The summed E-state index contributed by atoms with van der Waals surface area (Å²) in [6, 6.07) is 3.15. The number of fused-ring (bicyclic) bond motifs is 1. The predicted octanol–water partition coefficient (Wildman–Crippen LogP) is 2.14. The number of hydrogen-bond acceptors (Lipinski definition) is 1. The Bertz CT molecular complexity index is 225. The van der Waals surface area contributed by atoms with Crippen LogP contribution in [0.1, 0.15) is 47.0 Å². The molecule has 0 aromatic rings. The fourth-order valence-electron chi connectivity index (χ4n) is 3.95. The number of nitrogens with one attached hydrogen (secondary N) is 1. The van der Waals surface area contributed by atoms with Crippen molar-refractivity contribution in [1.82, 2.24) is 5.32 Å². The van der Waals surface area contributed by atoms with Crippen molar-refractivity contribution in [3.05, 3.63) is 0 Å². The first kappa shape index (κ1) is 11.4. The van der Waals surface area contributed by atoms with E-state index in [0.717, 1.165) is 18.1 Å². The Balaban J connectivity index is 2.09. The molecule has 0 radical (unpaired) electrons. The summed E-state index contributed by atoms with van der Waals surface area (Å²) in [6.45, 7) is 12.2. The van der Waals surface area contributed by atoms with Crippen molar-refractivity contribution in [1.29, 1.82) is 0 Å². The maximum atomic E-state index is 3.78. The van der Waals surface area contributed by atoms with E-state index >= 15 is 0 Å². The van der Waals surface area contributed by atoms with E-state index < -0.39 is 0 Å². The quantitative estimate of drug-likeness (QED) is 0.705. The van der Waals surface area contributed by atoms with Gasteiger partial charge < -0.3 is 9.80 Å². The molecule has 3 atom stereocenters. The average Bonchev–Trinajstić information content (AvgIpc) is 2.66. The van der Waals surface area contributed by atoms with Crippen LogP contribution in [0.2, 0.25) is 0 Å². The van der Waals surface area contributed by atoms with Gasteiger partial charge in [0, 0.05) is 25.3 Å². The van der Waals surface area contributed by atoms with Gasteiger partial charge in [-0.3, -0.25) is 0 Å². The molecule has 0 saturated carbocycles. The first-order valence-corrected chi connectivity index (χ1v) is 6.69. The van der Waals surface area contributed by atoms with E-state index in [9.17, 15) is 0 Å². The van der Waals surface area contributed by atoms with Gasteiger partial charge in [-0.25, -0.2) is 0 Å². The van der Waals surface area contributed by atoms with Gasteiger partial charge in [-0.05, 0) is 13.8 Å². The fourth-order valence-corrected chi connectivity index (χ4v) is 3.95. The minimum absolute atomic E-state index is 0.641. The van der Waals surface area contributed by atoms with Gasteiger partial charge >= 0.3 is 0 Å². The molecule has 2 heteroatoms. The van der Waals surface area contributed by atoms with Gasteiger partial charge in [0.1, 0.15) is 6.04 Å². The molecule has 15 heavy (non-hydrogen) atoms. The third-order valence-corrected chi connectivity index (χ3v) is 4.63. The summed E-state index contributed by atoms with van der Waals surface area (Å²) in [6.07, 6.45) is 4.28. The van der Waals surface area contributed by atoms with Crippen LogP contribution < -0.4 is 5.32 Å². The smallest absolute Gasteiger partial charge is 0.105 e. The Morgan fingerprint density at radius 3 is 2.40 bits per heavy atom. The Morgan fingerprint density at radius 2 is 1.80 bits per heavy atom. The summed E-state index contributed by atoms with van der Waals surface area (Å²) in [7, 11) is 0. The molecule has 2 heterocycles. The molecule has 3 unspecified atom stereocenters. The second kappa shape index (κ2) is 4.06. The molecule has 2 saturated heterocycles. The highest BCUT2D eigenvalue weighted by Gasteiger charge is 2.52. The van der Waals surface area contributed by atoms with Crippen LogP contribution in [0.25, 0.3) is 0 Å². The SMILES string of the molecule is CC(C)NC1CC[N+]2(C(C)C)CCCC12. The number of hydrogen-bond donors (Lipinski definition) is 1. The van der Waals surface area contributed by atoms with Crippen molar-refractivity contribution in [2.45, 2.75) is 71.1 Å². The second-order valence-corrected chi connectivity index (χ2v) is 6.07. The lowest BCUT2D eigenvalue weighted by atomic mass is 10.1. The molecule has 0 aromatic carbocycles. The summed E-state index contributed by atoms with van der Waals surface area (Å²) >= 11 is 0. The first-order valence-electron chi connectivity index (χ1n) is 6.69. The summed E-state index contributed by atoms with van der Waals surface area (Å²) in [4.78, 5) is 0. The lowest BCUT2D eigenvalue weighted by Gasteiger charge is -2.40. The zero-order chi connectivity index (χ0) is 11.1. The predicted molar refractivity (Wildman–Crippen MR) is 64.8 cm³/mol. The van der Waals surface area contributed by atoms with Gasteiger partial charge in [0.05, 0.1) is 25.2 Å². The van der Waals surface area contributed by atoms with Gasteiger partial charge in [0.2, 0.25) is 0 Å². The van der Waals surface area contributed by atoms with Crippen molar-refractivity contribution in [3.8, 4) is 0 Å². The Hall–Kier alpha value is -0.0800. The van der Waals surface area contributed by atoms with Crippen LogP contribution in [-0.2, 0) is 0 Å². The van der Waals surface area contributed by atoms with Gasteiger partial charge in [-0.15, -0.1) is 0 Å². The van der Waals surface area contributed by atoms with Crippen LogP contribution in [-0.4, -0.2) is 41.7 Å². The molecule has 2 rings (SSSR count). The standard InChI is InChI=1S/C13H27N2/c1-10(2)14-12-7-9-15(11(3)4)8-5-6-13(12)15/h10-14H,5-9H2,1-4H3/q+1. The lowest BCUT2D eigenvalue weighted by molar-refractivity contribution is -0.947. The van der Waals surface area contributed by atoms with E-state index in [1.54, 1.807) is 0 Å². The Kier molecular flexibility index (Phi) is 3.09. The zero-order valence-electron chi connectivity index (χ0n) is 10.8. The third-order valence-electron chi connectivity index (χ3n) is 4.63. The van der Waals surface area contributed by atoms with E-state index in [-0.39, 0.29) is 0 Å². The van der Waals surface area contributed by atoms with Crippen molar-refractivity contribution >= 4 is 0 Å². The van der Waals surface area contributed by atoms with E-state index in [4.69, 9.17) is 0 Å². The van der Waals surface area contributed by atoms with Crippen molar-refractivity contribution in [2.24, 2.45) is 0 Å². The summed E-state index contributed by atoms with van der Waals surface area (Å²) < 4.78 is 1.41. The van der Waals surface area contributed by atoms with Crippen LogP contribution >= 0.6 is 0 Å². The van der Waals surface area contributed by atoms with Gasteiger partial charge in [-0.2, -0.15) is 0 Å². The molecular weight excluding hydrogens is 184 g/mol. The molecule has 88 valence electrons. The minimum atomic E-state index is 0.641. The average molecular weight is 211 g/mol. The monoisotopic (exact) mass is 211 g/mol. The second-order valence-electron chi connectivity index (χ2n) is 6.07. The van der Waals surface area contributed by atoms with Crippen molar-refractivity contribution < 1.29 is 4.48 Å². The fraction of sp³-hybridized carbons (Fsp3) is 1.00. The number of nitrogens with zero attached hydrogens (tertiary/aromatic N) is 1. The first-order chi connectivity index (χ1) is 7.06. The molecule has 1 N–H and O–H groups in total. The van der Waals surface area contributed by atoms with Gasteiger partial charge in [0.15, 0.2) is 0 Å². The lowest BCUT2D eigenvalue weighted by Crippen LogP contribution is -2.56. The molecule has 0 spiro atoms. The van der Waals surface area contributed by atoms with Crippen molar-refractivity contribution in [2.75, 3.05) is 13.1 Å². The molecule has 2 aliphatic rings. The minimum Gasteiger partial charge on any atom is -0.318 e. The normalized spacial score (nSPS) is 40.4. The molecular formula is C13H27N2+. The maximum Gasteiger partial charge on any atom is 0.105 e. The Labute approximate surface area is 94.6 Å². The van der Waals surface area contributed by atoms with Crippen LogP contribution in [0.5, 0.6) is 0 Å². The highest BCUT2D eigenvalue weighted by Crippen LogP contribution is 2.39. The molecule has 0 bridgehead atoms. The molecule has 2 fully saturated rings. The van der Waals surface area contributed by atoms with Gasteiger partial charge in [0.25, 0.3) is 0 Å². The van der Waals surface area contributed by atoms with Crippen LogP contribution in [0, 0.1) is 0 Å². The molecule has 2 aliphatic heterocycles. The molecule has 0 aromatic heterocycles. The highest BCUT2D eigenvalue weighted by atomic mass is 15.4. The van der Waals surface area contributed by atoms with E-state index in [1.165, 1.54) is 36.8 Å². The van der Waals surface area contributed by atoms with E-state index in [2.05, 4.69) is 33.0 Å². The zero-order valence-corrected chi connectivity index (χ0v) is 10.8. The van der Waals surface area contributed by atoms with Gasteiger partial charge in [-0.1, -0.05) is 13.8 Å². The molecule has 0 amide bonds. The van der Waals surface area contributed by atoms with Crippen LogP contribution in [0.15, 0.2) is 0 Å². The molecule has 2 nitrogen and oxygen atoms in total. The summed E-state index contributed by atoms with van der Waals surface area (Å²) in [5.74, 6) is 0. The van der Waals surface area contributed by atoms with Crippen LogP contribution in [0.3, 0.4) is 0 Å². The van der Waals surface area contributed by atoms with Crippen LogP contribution in [0.4, 0.5) is 0 Å². The number of rotatable bonds is 3. The summed E-state index contributed by atoms with van der Waals surface area (Å²) in [5.41, 5.74) is 0. The van der Waals surface area contributed by atoms with Crippen molar-refractivity contribution in [3.63, 3.8) is 0 Å². The number of quaternary nitrogens is 1.